The van der Waals surface area contributed by atoms with Gasteiger partial charge in [0, 0.05) is 62.3 Å². The molecule has 0 spiro atoms. The molecule has 2 saturated heterocycles. The number of halogens is 1. The number of fused-ring (bicyclic) bond motifs is 1. The summed E-state index contributed by atoms with van der Waals surface area (Å²) in [6.45, 7) is 3.96. The molecule has 2 aromatic heterocycles. The monoisotopic (exact) mass is 413 g/mol. The van der Waals surface area contributed by atoms with Gasteiger partial charge in [0.1, 0.15) is 0 Å². The van der Waals surface area contributed by atoms with Crippen molar-refractivity contribution < 1.29 is 18.7 Å². The Morgan fingerprint density at radius 1 is 1.23 bits per heavy atom. The van der Waals surface area contributed by atoms with E-state index in [9.17, 15) is 14.0 Å². The molecule has 2 atom stereocenters. The first-order valence-electron chi connectivity index (χ1n) is 10.1. The van der Waals surface area contributed by atoms with Gasteiger partial charge in [-0.15, -0.1) is 0 Å². The van der Waals surface area contributed by atoms with E-state index >= 15 is 0 Å². The molecule has 0 aromatic carbocycles. The molecule has 9 heteroatoms. The molecule has 0 saturated carbocycles. The number of nitrogens with zero attached hydrogens (tertiary/aromatic N) is 5. The van der Waals surface area contributed by atoms with Crippen molar-refractivity contribution in [3.05, 3.63) is 48.3 Å². The molecule has 2 aromatic rings. The van der Waals surface area contributed by atoms with Crippen LogP contribution in [0.5, 0.6) is 0 Å². The largest absolute Gasteiger partial charge is 0.466 e. The molecule has 8 nitrogen and oxygen atoms in total. The van der Waals surface area contributed by atoms with E-state index in [1.807, 2.05) is 4.90 Å². The van der Waals surface area contributed by atoms with Crippen LogP contribution in [0.4, 0.5) is 10.3 Å². The fraction of sp³-hybridized carbons (Fsp3) is 0.476. The van der Waals surface area contributed by atoms with Crippen LogP contribution in [-0.4, -0.2) is 64.5 Å². The van der Waals surface area contributed by atoms with Crippen LogP contribution in [0.25, 0.3) is 0 Å². The fourth-order valence-corrected chi connectivity index (χ4v) is 4.55. The third-order valence-corrected chi connectivity index (χ3v) is 5.96. The van der Waals surface area contributed by atoms with Gasteiger partial charge >= 0.3 is 5.97 Å². The van der Waals surface area contributed by atoms with Gasteiger partial charge in [-0.2, -0.15) is 4.39 Å². The Kier molecular flexibility index (Phi) is 5.61. The Morgan fingerprint density at radius 2 is 2.03 bits per heavy atom. The van der Waals surface area contributed by atoms with Crippen LogP contribution in [0.1, 0.15) is 30.1 Å². The lowest BCUT2D eigenvalue weighted by molar-refractivity contribution is -0.157. The van der Waals surface area contributed by atoms with E-state index in [0.717, 1.165) is 6.07 Å². The number of esters is 1. The van der Waals surface area contributed by atoms with Gasteiger partial charge in [-0.25, -0.2) is 15.0 Å². The van der Waals surface area contributed by atoms with Crippen LogP contribution in [0, 0.1) is 17.3 Å². The summed E-state index contributed by atoms with van der Waals surface area (Å²) in [4.78, 5) is 42.0. The van der Waals surface area contributed by atoms with Crippen LogP contribution in [-0.2, 0) is 9.53 Å². The van der Waals surface area contributed by atoms with Crippen molar-refractivity contribution in [2.75, 3.05) is 37.7 Å². The summed E-state index contributed by atoms with van der Waals surface area (Å²) in [5, 5.41) is 0. The highest BCUT2D eigenvalue weighted by molar-refractivity contribution is 5.94. The van der Waals surface area contributed by atoms with Crippen molar-refractivity contribution in [2.24, 2.45) is 11.3 Å². The highest BCUT2D eigenvalue weighted by atomic mass is 19.1. The summed E-state index contributed by atoms with van der Waals surface area (Å²) in [5.74, 6) is -0.769. The summed E-state index contributed by atoms with van der Waals surface area (Å²) >= 11 is 0. The van der Waals surface area contributed by atoms with E-state index in [-0.39, 0.29) is 23.4 Å². The van der Waals surface area contributed by atoms with E-state index < -0.39 is 11.4 Å². The molecule has 2 aliphatic heterocycles. The Bertz CT molecular complexity index is 928. The molecule has 0 aliphatic carbocycles. The minimum absolute atomic E-state index is 0.140. The number of anilines is 1. The van der Waals surface area contributed by atoms with Gasteiger partial charge in [-0.3, -0.25) is 9.59 Å². The lowest BCUT2D eigenvalue weighted by Gasteiger charge is -2.31. The predicted molar refractivity (Wildman–Crippen MR) is 106 cm³/mol. The summed E-state index contributed by atoms with van der Waals surface area (Å²) in [6.07, 6.45) is 5.88. The number of hydrogen-bond acceptors (Lipinski definition) is 7. The lowest BCUT2D eigenvalue weighted by atomic mass is 9.75. The average Bonchev–Trinajstić information content (AvgIpc) is 3.03. The third-order valence-electron chi connectivity index (χ3n) is 5.96. The van der Waals surface area contributed by atoms with Gasteiger partial charge in [0.15, 0.2) is 0 Å². The second kappa shape index (κ2) is 8.33. The van der Waals surface area contributed by atoms with Gasteiger partial charge in [0.2, 0.25) is 11.9 Å². The zero-order valence-electron chi connectivity index (χ0n) is 16.8. The highest BCUT2D eigenvalue weighted by Gasteiger charge is 2.55. The lowest BCUT2D eigenvalue weighted by Crippen LogP contribution is -2.43. The van der Waals surface area contributed by atoms with Gasteiger partial charge in [-0.05, 0) is 31.9 Å². The van der Waals surface area contributed by atoms with E-state index in [1.54, 1.807) is 30.3 Å². The number of aromatic nitrogens is 3. The molecule has 4 heterocycles. The van der Waals surface area contributed by atoms with Crippen molar-refractivity contribution in [3.8, 4) is 0 Å². The molecule has 1 amide bonds. The Hall–Kier alpha value is -3.10. The molecule has 30 heavy (non-hydrogen) atoms. The molecule has 0 N–H and O–H groups in total. The standard InChI is InChI=1S/C21H24FN5O3/c1-2-30-19(29)21-6-3-10-26(18(28)15-5-9-23-17(22)11-15)12-16(21)13-27(14-21)20-24-7-4-8-25-20/h4-5,7-9,11,16H,2-3,6,10,12-14H2,1H3/t16-,21-/m0/s1. The topological polar surface area (TPSA) is 88.5 Å². The van der Waals surface area contributed by atoms with Gasteiger partial charge in [0.25, 0.3) is 5.91 Å². The molecular formula is C21H24FN5O3. The van der Waals surface area contributed by atoms with Crippen LogP contribution < -0.4 is 4.90 Å². The summed E-state index contributed by atoms with van der Waals surface area (Å²) < 4.78 is 19.0. The van der Waals surface area contributed by atoms with E-state index in [4.69, 9.17) is 4.74 Å². The first-order chi connectivity index (χ1) is 14.5. The maximum atomic E-state index is 13.5. The fourth-order valence-electron chi connectivity index (χ4n) is 4.55. The van der Waals surface area contributed by atoms with E-state index in [0.29, 0.717) is 51.6 Å². The number of rotatable bonds is 4. The molecule has 0 unspecified atom stereocenters. The zero-order valence-corrected chi connectivity index (χ0v) is 16.8. The summed E-state index contributed by atoms with van der Waals surface area (Å²) in [6, 6.07) is 4.39. The maximum Gasteiger partial charge on any atom is 0.314 e. The quantitative estimate of drug-likeness (QED) is 0.559. The van der Waals surface area contributed by atoms with Gasteiger partial charge in [-0.1, -0.05) is 0 Å². The normalized spacial score (nSPS) is 23.6. The Labute approximate surface area is 174 Å². The van der Waals surface area contributed by atoms with Crippen molar-refractivity contribution in [2.45, 2.75) is 19.8 Å². The summed E-state index contributed by atoms with van der Waals surface area (Å²) in [7, 11) is 0. The van der Waals surface area contributed by atoms with Gasteiger partial charge < -0.3 is 14.5 Å². The predicted octanol–water partition coefficient (Wildman–Crippen LogP) is 1.93. The second-order valence-corrected chi connectivity index (χ2v) is 7.72. The minimum Gasteiger partial charge on any atom is -0.466 e. The van der Waals surface area contributed by atoms with Gasteiger partial charge in [0.05, 0.1) is 12.0 Å². The third kappa shape index (κ3) is 3.71. The van der Waals surface area contributed by atoms with Crippen LogP contribution in [0.2, 0.25) is 0 Å². The molecule has 2 aliphatic rings. The number of carbonyl (C=O) groups is 2. The number of hydrogen-bond donors (Lipinski definition) is 0. The van der Waals surface area contributed by atoms with Crippen LogP contribution in [0.15, 0.2) is 36.8 Å². The first kappa shape index (κ1) is 20.2. The number of pyridine rings is 1. The molecular weight excluding hydrogens is 389 g/mol. The van der Waals surface area contributed by atoms with E-state index in [2.05, 4.69) is 15.0 Å². The highest BCUT2D eigenvalue weighted by Crippen LogP contribution is 2.44. The molecule has 4 rings (SSSR count). The Morgan fingerprint density at radius 3 is 2.77 bits per heavy atom. The first-order valence-corrected chi connectivity index (χ1v) is 10.1. The summed E-state index contributed by atoms with van der Waals surface area (Å²) in [5.41, 5.74) is -0.472. The van der Waals surface area contributed by atoms with E-state index in [1.165, 1.54) is 12.3 Å². The van der Waals surface area contributed by atoms with Crippen molar-refractivity contribution in [3.63, 3.8) is 0 Å². The molecule has 0 radical (unpaired) electrons. The number of amides is 1. The Balaban J connectivity index is 1.62. The molecule has 2 fully saturated rings. The van der Waals surface area contributed by atoms with Crippen molar-refractivity contribution >= 4 is 17.8 Å². The van der Waals surface area contributed by atoms with Crippen LogP contribution in [0.3, 0.4) is 0 Å². The number of ether oxygens (including phenoxy) is 1. The molecule has 158 valence electrons. The minimum atomic E-state index is -0.728. The number of likely N-dealkylation sites (tertiary alicyclic amines) is 1. The van der Waals surface area contributed by atoms with Crippen molar-refractivity contribution in [1.29, 1.82) is 0 Å². The molecule has 0 bridgehead atoms. The SMILES string of the molecule is CCOC(=O)[C@]12CCCN(C(=O)c3ccnc(F)c3)C[C@H]1CN(c1ncccn1)C2. The zero-order chi connectivity index (χ0) is 21.1. The van der Waals surface area contributed by atoms with Crippen molar-refractivity contribution in [1.82, 2.24) is 19.9 Å². The maximum absolute atomic E-state index is 13.5. The second-order valence-electron chi connectivity index (χ2n) is 7.72. The smallest absolute Gasteiger partial charge is 0.314 e. The van der Waals surface area contributed by atoms with Crippen LogP contribution >= 0.6 is 0 Å². The average molecular weight is 413 g/mol. The number of carbonyl (C=O) groups excluding carboxylic acids is 2.